The van der Waals surface area contributed by atoms with Crippen LogP contribution in [0, 0.1) is 20.8 Å². The molecule has 0 saturated heterocycles. The Morgan fingerprint density at radius 3 is 2.39 bits per heavy atom. The van der Waals surface area contributed by atoms with E-state index in [9.17, 15) is 9.59 Å². The van der Waals surface area contributed by atoms with Crippen molar-refractivity contribution in [3.8, 4) is 0 Å². The highest BCUT2D eigenvalue weighted by atomic mass is 16.5. The largest absolute Gasteiger partial charge is 0.452 e. The average molecular weight is 420 g/mol. The summed E-state index contributed by atoms with van der Waals surface area (Å²) in [7, 11) is 0. The first-order valence-corrected chi connectivity index (χ1v) is 10.4. The van der Waals surface area contributed by atoms with E-state index >= 15 is 0 Å². The zero-order chi connectivity index (χ0) is 22.5. The van der Waals surface area contributed by atoms with Crippen molar-refractivity contribution in [1.29, 1.82) is 0 Å². The highest BCUT2D eigenvalue weighted by Gasteiger charge is 2.21. The molecule has 0 bridgehead atoms. The number of hydrogen-bond donors (Lipinski definition) is 1. The molecule has 3 aromatic rings. The first kappa shape index (κ1) is 22.3. The van der Waals surface area contributed by atoms with E-state index in [1.54, 1.807) is 11.6 Å². The summed E-state index contributed by atoms with van der Waals surface area (Å²) in [6, 6.07) is 15.8. The van der Waals surface area contributed by atoms with Crippen molar-refractivity contribution in [3.05, 3.63) is 82.2 Å². The van der Waals surface area contributed by atoms with Crippen LogP contribution in [0.5, 0.6) is 0 Å². The molecule has 31 heavy (non-hydrogen) atoms. The van der Waals surface area contributed by atoms with Gasteiger partial charge in [-0.05, 0) is 43.9 Å². The zero-order valence-electron chi connectivity index (χ0n) is 18.7. The van der Waals surface area contributed by atoms with Crippen molar-refractivity contribution in [1.82, 2.24) is 9.78 Å². The minimum atomic E-state index is -0.544. The Balaban J connectivity index is 1.65. The molecule has 0 aliphatic heterocycles. The van der Waals surface area contributed by atoms with Gasteiger partial charge in [-0.15, -0.1) is 0 Å². The molecule has 162 valence electrons. The van der Waals surface area contributed by atoms with Gasteiger partial charge in [0.25, 0.3) is 5.91 Å². The van der Waals surface area contributed by atoms with Gasteiger partial charge >= 0.3 is 5.97 Å². The molecule has 1 heterocycles. The molecule has 0 aliphatic carbocycles. The maximum absolute atomic E-state index is 12.7. The molecule has 0 spiro atoms. The molecular weight excluding hydrogens is 390 g/mol. The highest BCUT2D eigenvalue weighted by molar-refractivity contribution is 5.96. The van der Waals surface area contributed by atoms with E-state index in [1.165, 1.54) is 5.56 Å². The molecule has 6 heteroatoms. The summed E-state index contributed by atoms with van der Waals surface area (Å²) >= 11 is 0. The number of ether oxygens (including phenoxy) is 1. The molecule has 1 N–H and O–H groups in total. The van der Waals surface area contributed by atoms with Crippen LogP contribution in [0.1, 0.15) is 58.2 Å². The van der Waals surface area contributed by atoms with Crippen molar-refractivity contribution in [3.63, 3.8) is 0 Å². The lowest BCUT2D eigenvalue weighted by Gasteiger charge is -2.13. The smallest absolute Gasteiger partial charge is 0.342 e. The number of hydrogen-bond acceptors (Lipinski definition) is 4. The number of amides is 1. The van der Waals surface area contributed by atoms with E-state index in [-0.39, 0.29) is 18.4 Å². The minimum Gasteiger partial charge on any atom is -0.452 e. The van der Waals surface area contributed by atoms with Crippen LogP contribution in [0.4, 0.5) is 5.69 Å². The number of para-hydroxylation sites is 1. The first-order valence-electron chi connectivity index (χ1n) is 10.4. The molecule has 0 fully saturated rings. The predicted molar refractivity (Wildman–Crippen MR) is 121 cm³/mol. The van der Waals surface area contributed by atoms with E-state index < -0.39 is 5.97 Å². The fourth-order valence-electron chi connectivity index (χ4n) is 3.52. The quantitative estimate of drug-likeness (QED) is 0.560. The fourth-order valence-corrected chi connectivity index (χ4v) is 3.52. The average Bonchev–Trinajstić information content (AvgIpc) is 3.01. The van der Waals surface area contributed by atoms with Crippen molar-refractivity contribution >= 4 is 17.6 Å². The lowest BCUT2D eigenvalue weighted by Crippen LogP contribution is -2.22. The Kier molecular flexibility index (Phi) is 6.90. The molecule has 0 atom stereocenters. The summed E-state index contributed by atoms with van der Waals surface area (Å²) in [5.41, 5.74) is 5.76. The number of anilines is 1. The minimum absolute atomic E-state index is 0.267. The summed E-state index contributed by atoms with van der Waals surface area (Å²) in [6.07, 6.45) is 0. The van der Waals surface area contributed by atoms with Gasteiger partial charge in [0, 0.05) is 5.69 Å². The molecule has 3 rings (SSSR count). The van der Waals surface area contributed by atoms with Gasteiger partial charge in [-0.2, -0.15) is 5.10 Å². The van der Waals surface area contributed by atoms with Crippen LogP contribution in [0.25, 0.3) is 0 Å². The number of aryl methyl sites for hydroxylation is 2. The molecule has 1 amide bonds. The number of rotatable bonds is 7. The lowest BCUT2D eigenvalue weighted by molar-refractivity contribution is -0.119. The van der Waals surface area contributed by atoms with Crippen molar-refractivity contribution in [2.45, 2.75) is 47.1 Å². The molecule has 1 aromatic heterocycles. The molecule has 0 unspecified atom stereocenters. The maximum Gasteiger partial charge on any atom is 0.342 e. The highest BCUT2D eigenvalue weighted by Crippen LogP contribution is 2.23. The van der Waals surface area contributed by atoms with Gasteiger partial charge in [-0.25, -0.2) is 4.79 Å². The Morgan fingerprint density at radius 2 is 1.71 bits per heavy atom. The summed E-state index contributed by atoms with van der Waals surface area (Å²) in [5.74, 6) is -0.648. The van der Waals surface area contributed by atoms with E-state index in [4.69, 9.17) is 4.74 Å². The number of nitrogens with zero attached hydrogens (tertiary/aromatic N) is 2. The van der Waals surface area contributed by atoms with E-state index in [2.05, 4.69) is 24.3 Å². The van der Waals surface area contributed by atoms with Crippen molar-refractivity contribution in [2.75, 3.05) is 11.9 Å². The maximum atomic E-state index is 12.7. The predicted octanol–water partition coefficient (Wildman–Crippen LogP) is 4.78. The Morgan fingerprint density at radius 1 is 1.03 bits per heavy atom. The number of carbonyl (C=O) groups is 2. The summed E-state index contributed by atoms with van der Waals surface area (Å²) in [6.45, 7) is 9.98. The SMILES string of the molecule is Cc1ccc(Cn2nc(C)c(C(=O)OCC(=O)Nc3ccccc3C(C)C)c2C)cc1. The van der Waals surface area contributed by atoms with Gasteiger partial charge in [0.15, 0.2) is 6.61 Å². The van der Waals surface area contributed by atoms with Gasteiger partial charge in [0.2, 0.25) is 0 Å². The van der Waals surface area contributed by atoms with Crippen LogP contribution >= 0.6 is 0 Å². The van der Waals surface area contributed by atoms with Crippen molar-refractivity contribution < 1.29 is 14.3 Å². The van der Waals surface area contributed by atoms with Crippen LogP contribution in [0.2, 0.25) is 0 Å². The van der Waals surface area contributed by atoms with Crippen LogP contribution in [-0.4, -0.2) is 28.3 Å². The molecule has 0 radical (unpaired) electrons. The van der Waals surface area contributed by atoms with Gasteiger partial charge < -0.3 is 10.1 Å². The van der Waals surface area contributed by atoms with E-state index in [1.807, 2.05) is 62.4 Å². The van der Waals surface area contributed by atoms with Gasteiger partial charge in [0.05, 0.1) is 17.9 Å². The standard InChI is InChI=1S/C25H29N3O3/c1-16(2)21-8-6-7-9-22(21)26-23(29)15-31-25(30)24-18(4)27-28(19(24)5)14-20-12-10-17(3)11-13-20/h6-13,16H,14-15H2,1-5H3,(H,26,29). The second kappa shape index (κ2) is 9.60. The van der Waals surface area contributed by atoms with Gasteiger partial charge in [-0.3, -0.25) is 9.48 Å². The summed E-state index contributed by atoms with van der Waals surface area (Å²) < 4.78 is 7.09. The van der Waals surface area contributed by atoms with Crippen LogP contribution in [-0.2, 0) is 16.1 Å². The zero-order valence-corrected chi connectivity index (χ0v) is 18.7. The normalized spacial score (nSPS) is 10.9. The Bertz CT molecular complexity index is 1080. The number of aromatic nitrogens is 2. The van der Waals surface area contributed by atoms with Gasteiger partial charge in [-0.1, -0.05) is 61.9 Å². The Labute approximate surface area is 183 Å². The second-order valence-electron chi connectivity index (χ2n) is 8.06. The monoisotopic (exact) mass is 419 g/mol. The van der Waals surface area contributed by atoms with Crippen LogP contribution < -0.4 is 5.32 Å². The van der Waals surface area contributed by atoms with Crippen LogP contribution in [0.15, 0.2) is 48.5 Å². The molecule has 2 aromatic carbocycles. The first-order chi connectivity index (χ1) is 14.8. The number of esters is 1. The fraction of sp³-hybridized carbons (Fsp3) is 0.320. The van der Waals surface area contributed by atoms with E-state index in [0.29, 0.717) is 23.5 Å². The molecule has 0 saturated carbocycles. The lowest BCUT2D eigenvalue weighted by atomic mass is 10.0. The topological polar surface area (TPSA) is 73.2 Å². The third-order valence-electron chi connectivity index (χ3n) is 5.23. The summed E-state index contributed by atoms with van der Waals surface area (Å²) in [5, 5.41) is 7.32. The summed E-state index contributed by atoms with van der Waals surface area (Å²) in [4.78, 5) is 25.0. The number of nitrogens with one attached hydrogen (secondary N) is 1. The third-order valence-corrected chi connectivity index (χ3v) is 5.23. The number of carbonyl (C=O) groups excluding carboxylic acids is 2. The third kappa shape index (κ3) is 5.40. The molecular formula is C25H29N3O3. The second-order valence-corrected chi connectivity index (χ2v) is 8.06. The molecule has 0 aliphatic rings. The number of benzene rings is 2. The molecule has 6 nitrogen and oxygen atoms in total. The Hall–Kier alpha value is -3.41. The van der Waals surface area contributed by atoms with Crippen molar-refractivity contribution in [2.24, 2.45) is 0 Å². The van der Waals surface area contributed by atoms with Crippen LogP contribution in [0.3, 0.4) is 0 Å². The van der Waals surface area contributed by atoms with E-state index in [0.717, 1.165) is 16.8 Å². The van der Waals surface area contributed by atoms with Gasteiger partial charge in [0.1, 0.15) is 5.56 Å².